The maximum Gasteiger partial charge on any atom is 0.230 e. The molecule has 138 valence electrons. The number of amides is 2. The van der Waals surface area contributed by atoms with Crippen molar-refractivity contribution in [1.29, 1.82) is 0 Å². The Kier molecular flexibility index (Phi) is 4.89. The van der Waals surface area contributed by atoms with Gasteiger partial charge < -0.3 is 9.80 Å². The zero-order valence-electron chi connectivity index (χ0n) is 16.0. The highest BCUT2D eigenvalue weighted by Gasteiger charge is 2.51. The lowest BCUT2D eigenvalue weighted by molar-refractivity contribution is -0.136. The first-order valence-electron chi connectivity index (χ1n) is 9.44. The summed E-state index contributed by atoms with van der Waals surface area (Å²) in [5, 5.41) is 4.42. The van der Waals surface area contributed by atoms with Crippen molar-refractivity contribution >= 4 is 11.8 Å². The van der Waals surface area contributed by atoms with Gasteiger partial charge in [-0.25, -0.2) is 0 Å². The average molecular weight is 346 g/mol. The molecule has 2 aliphatic rings. The number of likely N-dealkylation sites (tertiary alicyclic amines) is 2. The van der Waals surface area contributed by atoms with Gasteiger partial charge in [0.1, 0.15) is 0 Å². The van der Waals surface area contributed by atoms with E-state index in [-0.39, 0.29) is 17.2 Å². The van der Waals surface area contributed by atoms with Crippen LogP contribution in [0.2, 0.25) is 0 Å². The molecule has 0 radical (unpaired) electrons. The van der Waals surface area contributed by atoms with E-state index >= 15 is 0 Å². The summed E-state index contributed by atoms with van der Waals surface area (Å²) in [6.45, 7) is 9.16. The van der Waals surface area contributed by atoms with E-state index in [9.17, 15) is 9.59 Å². The Morgan fingerprint density at radius 3 is 2.60 bits per heavy atom. The topological polar surface area (TPSA) is 58.4 Å². The number of rotatable bonds is 5. The van der Waals surface area contributed by atoms with Gasteiger partial charge in [0.25, 0.3) is 0 Å². The molecule has 2 amide bonds. The van der Waals surface area contributed by atoms with Crippen LogP contribution in [-0.2, 0) is 23.1 Å². The Bertz CT molecular complexity index is 681. The third-order valence-corrected chi connectivity index (χ3v) is 6.05. The van der Waals surface area contributed by atoms with Crippen molar-refractivity contribution < 1.29 is 9.59 Å². The van der Waals surface area contributed by atoms with Crippen LogP contribution in [0.1, 0.15) is 49.6 Å². The summed E-state index contributed by atoms with van der Waals surface area (Å²) in [7, 11) is 1.94. The molecule has 1 spiro atoms. The van der Waals surface area contributed by atoms with E-state index < -0.39 is 0 Å². The van der Waals surface area contributed by atoms with Crippen molar-refractivity contribution in [3.05, 3.63) is 17.0 Å². The van der Waals surface area contributed by atoms with Crippen LogP contribution in [0.5, 0.6) is 0 Å². The van der Waals surface area contributed by atoms with Crippen molar-refractivity contribution in [2.24, 2.45) is 12.5 Å². The second-order valence-corrected chi connectivity index (χ2v) is 7.66. The fourth-order valence-corrected chi connectivity index (χ4v) is 4.41. The number of hydrogen-bond donors (Lipinski definition) is 0. The molecule has 1 unspecified atom stereocenters. The highest BCUT2D eigenvalue weighted by Crippen LogP contribution is 2.40. The van der Waals surface area contributed by atoms with Crippen LogP contribution in [0.15, 0.2) is 0 Å². The van der Waals surface area contributed by atoms with Gasteiger partial charge in [0.05, 0.1) is 11.1 Å². The minimum atomic E-state index is -0.301. The molecule has 2 fully saturated rings. The van der Waals surface area contributed by atoms with Crippen molar-refractivity contribution in [3.63, 3.8) is 0 Å². The van der Waals surface area contributed by atoms with Crippen LogP contribution >= 0.6 is 0 Å². The Morgan fingerprint density at radius 1 is 1.24 bits per heavy atom. The third kappa shape index (κ3) is 3.18. The molecule has 1 aromatic heterocycles. The first-order chi connectivity index (χ1) is 11.9. The summed E-state index contributed by atoms with van der Waals surface area (Å²) in [4.78, 5) is 29.3. The molecule has 25 heavy (non-hydrogen) atoms. The third-order valence-electron chi connectivity index (χ3n) is 6.05. The first kappa shape index (κ1) is 18.0. The van der Waals surface area contributed by atoms with Crippen LogP contribution in [0, 0.1) is 19.3 Å². The number of aryl methyl sites for hydroxylation is 2. The van der Waals surface area contributed by atoms with Crippen molar-refractivity contribution in [1.82, 2.24) is 19.6 Å². The molecule has 2 aliphatic heterocycles. The molecule has 6 nitrogen and oxygen atoms in total. The minimum Gasteiger partial charge on any atom is -0.342 e. The van der Waals surface area contributed by atoms with Crippen LogP contribution in [0.4, 0.5) is 0 Å². The molecule has 3 heterocycles. The van der Waals surface area contributed by atoms with Gasteiger partial charge in [-0.05, 0) is 45.1 Å². The van der Waals surface area contributed by atoms with Crippen LogP contribution in [0.25, 0.3) is 0 Å². The predicted molar refractivity (Wildman–Crippen MR) is 96.1 cm³/mol. The highest BCUT2D eigenvalue weighted by molar-refractivity contribution is 5.87. The van der Waals surface area contributed by atoms with E-state index in [1.807, 2.05) is 35.4 Å². The van der Waals surface area contributed by atoms with Crippen LogP contribution in [0.3, 0.4) is 0 Å². The van der Waals surface area contributed by atoms with Gasteiger partial charge in [0.15, 0.2) is 0 Å². The molecule has 2 saturated heterocycles. The molecule has 1 atom stereocenters. The lowest BCUT2D eigenvalue weighted by Crippen LogP contribution is -2.38. The monoisotopic (exact) mass is 346 g/mol. The minimum absolute atomic E-state index is 0.168. The summed E-state index contributed by atoms with van der Waals surface area (Å²) >= 11 is 0. The number of carbonyl (C=O) groups excluding carboxylic acids is 2. The molecule has 0 saturated carbocycles. The second-order valence-electron chi connectivity index (χ2n) is 7.66. The predicted octanol–water partition coefficient (Wildman–Crippen LogP) is 1.83. The molecule has 6 heteroatoms. The van der Waals surface area contributed by atoms with E-state index in [1.165, 1.54) is 5.56 Å². The lowest BCUT2D eigenvalue weighted by Gasteiger charge is -2.23. The standard InChI is InChI=1S/C19H30N4O2/c1-5-10-22-11-8-19(18(22)25)9-12-23(13-19)17(24)7-6-16-14(2)20-21(4)15(16)3/h5-13H2,1-4H3. The van der Waals surface area contributed by atoms with Crippen LogP contribution < -0.4 is 0 Å². The lowest BCUT2D eigenvalue weighted by atomic mass is 9.85. The van der Waals surface area contributed by atoms with E-state index in [4.69, 9.17) is 0 Å². The van der Waals surface area contributed by atoms with Gasteiger partial charge in [-0.2, -0.15) is 5.10 Å². The Labute approximate surface area is 150 Å². The number of hydrogen-bond acceptors (Lipinski definition) is 3. The van der Waals surface area contributed by atoms with Crippen LogP contribution in [-0.4, -0.2) is 57.6 Å². The van der Waals surface area contributed by atoms with E-state index in [2.05, 4.69) is 12.0 Å². The molecular weight excluding hydrogens is 316 g/mol. The van der Waals surface area contributed by atoms with Gasteiger partial charge in [0.2, 0.25) is 11.8 Å². The van der Waals surface area contributed by atoms with E-state index in [0.29, 0.717) is 13.0 Å². The van der Waals surface area contributed by atoms with Gasteiger partial charge in [-0.1, -0.05) is 6.92 Å². The SMILES string of the molecule is CCCN1CCC2(CCN(C(=O)CCc3c(C)nn(C)c3C)C2)C1=O. The summed E-state index contributed by atoms with van der Waals surface area (Å²) in [5.41, 5.74) is 3.01. The zero-order chi connectivity index (χ0) is 18.2. The Hall–Kier alpha value is -1.85. The van der Waals surface area contributed by atoms with Crippen molar-refractivity contribution in [2.45, 2.75) is 52.9 Å². The Balaban J connectivity index is 1.59. The van der Waals surface area contributed by atoms with Gasteiger partial charge in [-0.3, -0.25) is 14.3 Å². The fraction of sp³-hybridized carbons (Fsp3) is 0.737. The molecule has 0 aliphatic carbocycles. The largest absolute Gasteiger partial charge is 0.342 e. The number of aromatic nitrogens is 2. The summed E-state index contributed by atoms with van der Waals surface area (Å²) in [6, 6.07) is 0. The molecule has 0 N–H and O–H groups in total. The summed E-state index contributed by atoms with van der Waals surface area (Å²) in [6.07, 6.45) is 3.94. The fourth-order valence-electron chi connectivity index (χ4n) is 4.41. The second kappa shape index (κ2) is 6.81. The quantitative estimate of drug-likeness (QED) is 0.817. The zero-order valence-corrected chi connectivity index (χ0v) is 16.0. The normalized spacial score (nSPS) is 23.3. The van der Waals surface area contributed by atoms with E-state index in [0.717, 1.165) is 56.7 Å². The van der Waals surface area contributed by atoms with Gasteiger partial charge in [-0.15, -0.1) is 0 Å². The van der Waals surface area contributed by atoms with Gasteiger partial charge in [0, 0.05) is 45.3 Å². The number of nitrogens with zero attached hydrogens (tertiary/aromatic N) is 4. The summed E-state index contributed by atoms with van der Waals surface area (Å²) < 4.78 is 1.87. The molecule has 0 aromatic carbocycles. The maximum absolute atomic E-state index is 12.7. The first-order valence-corrected chi connectivity index (χ1v) is 9.44. The average Bonchev–Trinajstić information content (AvgIpc) is 3.21. The van der Waals surface area contributed by atoms with Crippen molar-refractivity contribution in [2.75, 3.05) is 26.2 Å². The molecule has 0 bridgehead atoms. The Morgan fingerprint density at radius 2 is 1.96 bits per heavy atom. The van der Waals surface area contributed by atoms with Crippen molar-refractivity contribution in [3.8, 4) is 0 Å². The van der Waals surface area contributed by atoms with E-state index in [1.54, 1.807) is 0 Å². The highest BCUT2D eigenvalue weighted by atomic mass is 16.2. The molecule has 3 rings (SSSR count). The maximum atomic E-state index is 12.7. The van der Waals surface area contributed by atoms with Gasteiger partial charge >= 0.3 is 0 Å². The number of carbonyl (C=O) groups is 2. The molecule has 1 aromatic rings. The summed E-state index contributed by atoms with van der Waals surface area (Å²) in [5.74, 6) is 0.435. The molecular formula is C19H30N4O2. The smallest absolute Gasteiger partial charge is 0.230 e.